The topological polar surface area (TPSA) is 35.2 Å². The average molecular weight is 322 g/mol. The summed E-state index contributed by atoms with van der Waals surface area (Å²) < 4.78 is 1.02. The Bertz CT molecular complexity index is 466. The van der Waals surface area contributed by atoms with Crippen molar-refractivity contribution < 1.29 is 9.32 Å². The van der Waals surface area contributed by atoms with Crippen molar-refractivity contribution in [2.45, 2.75) is 78.5 Å². The molecule has 0 aliphatic heterocycles. The SMILES string of the molecule is Cc1ccc(C(CCC[N+](C)(C(C)(C)C)C(C)(C)C)ON)cc1. The first-order valence-electron chi connectivity index (χ1n) is 8.70. The Morgan fingerprint density at radius 1 is 1.00 bits per heavy atom. The molecule has 0 saturated carbocycles. The molecule has 3 nitrogen and oxygen atoms in total. The van der Waals surface area contributed by atoms with Gasteiger partial charge in [-0.05, 0) is 66.9 Å². The van der Waals surface area contributed by atoms with Gasteiger partial charge >= 0.3 is 0 Å². The van der Waals surface area contributed by atoms with E-state index in [0.29, 0.717) is 0 Å². The van der Waals surface area contributed by atoms with Gasteiger partial charge in [0.05, 0.1) is 24.7 Å². The van der Waals surface area contributed by atoms with Gasteiger partial charge in [-0.3, -0.25) is 4.84 Å². The van der Waals surface area contributed by atoms with Gasteiger partial charge in [-0.25, -0.2) is 5.90 Å². The first kappa shape index (κ1) is 20.1. The van der Waals surface area contributed by atoms with Crippen LogP contribution in [0.2, 0.25) is 0 Å². The summed E-state index contributed by atoms with van der Waals surface area (Å²) in [7, 11) is 2.37. The lowest BCUT2D eigenvalue weighted by atomic mass is 9.90. The average Bonchev–Trinajstić information content (AvgIpc) is 2.42. The van der Waals surface area contributed by atoms with E-state index in [9.17, 15) is 0 Å². The zero-order valence-electron chi connectivity index (χ0n) is 16.4. The molecule has 0 aliphatic rings. The number of benzene rings is 1. The predicted molar refractivity (Wildman–Crippen MR) is 99.0 cm³/mol. The summed E-state index contributed by atoms with van der Waals surface area (Å²) in [5.41, 5.74) is 2.82. The highest BCUT2D eigenvalue weighted by Gasteiger charge is 2.45. The number of quaternary nitrogens is 1. The van der Waals surface area contributed by atoms with Crippen LogP contribution in [0.25, 0.3) is 0 Å². The van der Waals surface area contributed by atoms with E-state index >= 15 is 0 Å². The highest BCUT2D eigenvalue weighted by molar-refractivity contribution is 5.23. The van der Waals surface area contributed by atoms with Crippen molar-refractivity contribution in [3.63, 3.8) is 0 Å². The lowest BCUT2D eigenvalue weighted by Crippen LogP contribution is -2.67. The van der Waals surface area contributed by atoms with E-state index in [4.69, 9.17) is 10.7 Å². The van der Waals surface area contributed by atoms with Crippen LogP contribution < -0.4 is 5.90 Å². The first-order chi connectivity index (χ1) is 10.4. The van der Waals surface area contributed by atoms with Gasteiger partial charge < -0.3 is 4.48 Å². The molecule has 1 aromatic rings. The second kappa shape index (κ2) is 7.33. The second-order valence-electron chi connectivity index (χ2n) is 8.93. The summed E-state index contributed by atoms with van der Waals surface area (Å²) >= 11 is 0. The Hall–Kier alpha value is -0.900. The Morgan fingerprint density at radius 3 is 1.87 bits per heavy atom. The van der Waals surface area contributed by atoms with Crippen molar-refractivity contribution in [2.24, 2.45) is 5.90 Å². The maximum atomic E-state index is 5.56. The van der Waals surface area contributed by atoms with Gasteiger partial charge in [0.25, 0.3) is 0 Å². The van der Waals surface area contributed by atoms with Gasteiger partial charge in [-0.15, -0.1) is 0 Å². The van der Waals surface area contributed by atoms with Crippen LogP contribution in [0.1, 0.15) is 71.6 Å². The van der Waals surface area contributed by atoms with Crippen LogP contribution in [-0.2, 0) is 4.84 Å². The van der Waals surface area contributed by atoms with Crippen molar-refractivity contribution in [3.05, 3.63) is 35.4 Å². The Morgan fingerprint density at radius 2 is 1.48 bits per heavy atom. The third kappa shape index (κ3) is 4.79. The molecule has 23 heavy (non-hydrogen) atoms. The number of nitrogens with two attached hydrogens (primary N) is 1. The van der Waals surface area contributed by atoms with E-state index in [1.54, 1.807) is 0 Å². The van der Waals surface area contributed by atoms with Crippen LogP contribution in [0, 0.1) is 6.92 Å². The number of hydrogen-bond donors (Lipinski definition) is 1. The minimum atomic E-state index is -0.0241. The van der Waals surface area contributed by atoms with E-state index in [1.165, 1.54) is 11.1 Å². The summed E-state index contributed by atoms with van der Waals surface area (Å²) in [5.74, 6) is 5.56. The predicted octanol–water partition coefficient (Wildman–Crippen LogP) is 4.75. The maximum absolute atomic E-state index is 5.56. The normalized spacial score (nSPS) is 14.8. The molecule has 1 aromatic carbocycles. The zero-order valence-corrected chi connectivity index (χ0v) is 16.4. The van der Waals surface area contributed by atoms with Gasteiger partial charge in [-0.1, -0.05) is 29.8 Å². The fraction of sp³-hybridized carbons (Fsp3) is 0.700. The highest BCUT2D eigenvalue weighted by Crippen LogP contribution is 2.34. The third-order valence-corrected chi connectivity index (χ3v) is 5.65. The minimum absolute atomic E-state index is 0.0241. The van der Waals surface area contributed by atoms with Crippen LogP contribution in [0.5, 0.6) is 0 Å². The van der Waals surface area contributed by atoms with Gasteiger partial charge in [0.1, 0.15) is 6.10 Å². The van der Waals surface area contributed by atoms with Crippen molar-refractivity contribution in [3.8, 4) is 0 Å². The van der Waals surface area contributed by atoms with Crippen molar-refractivity contribution >= 4 is 0 Å². The van der Waals surface area contributed by atoms with E-state index < -0.39 is 0 Å². The smallest absolute Gasteiger partial charge is 0.104 e. The van der Waals surface area contributed by atoms with Crippen molar-refractivity contribution in [1.82, 2.24) is 0 Å². The Balaban J connectivity index is 2.77. The summed E-state index contributed by atoms with van der Waals surface area (Å²) in [6, 6.07) is 8.47. The van der Waals surface area contributed by atoms with E-state index in [2.05, 4.69) is 79.8 Å². The van der Waals surface area contributed by atoms with E-state index in [-0.39, 0.29) is 17.2 Å². The number of aryl methyl sites for hydroxylation is 1. The largest absolute Gasteiger partial charge is 0.318 e. The quantitative estimate of drug-likeness (QED) is 0.606. The molecule has 3 heteroatoms. The fourth-order valence-corrected chi connectivity index (χ4v) is 3.36. The molecular weight excluding hydrogens is 284 g/mol. The van der Waals surface area contributed by atoms with Crippen LogP contribution in [0.4, 0.5) is 0 Å². The fourth-order valence-electron chi connectivity index (χ4n) is 3.36. The molecular formula is C20H37N2O+. The monoisotopic (exact) mass is 321 g/mol. The Kier molecular flexibility index (Phi) is 6.42. The summed E-state index contributed by atoms with van der Waals surface area (Å²) in [6.45, 7) is 17.2. The third-order valence-electron chi connectivity index (χ3n) is 5.65. The van der Waals surface area contributed by atoms with Crippen molar-refractivity contribution in [1.29, 1.82) is 0 Å². The molecule has 1 unspecified atom stereocenters. The van der Waals surface area contributed by atoms with Gasteiger partial charge in [0.2, 0.25) is 0 Å². The number of nitrogens with zero attached hydrogens (tertiary/aromatic N) is 1. The zero-order chi connectivity index (χ0) is 17.9. The van der Waals surface area contributed by atoms with E-state index in [0.717, 1.165) is 23.9 Å². The molecule has 0 aromatic heterocycles. The molecule has 0 saturated heterocycles. The Labute approximate surface area is 143 Å². The van der Waals surface area contributed by atoms with Crippen LogP contribution >= 0.6 is 0 Å². The first-order valence-corrected chi connectivity index (χ1v) is 8.70. The van der Waals surface area contributed by atoms with Gasteiger partial charge in [-0.2, -0.15) is 0 Å². The second-order valence-corrected chi connectivity index (χ2v) is 8.93. The standard InChI is InChI=1S/C20H37N2O/c1-16-11-13-17(14-12-16)18(23-21)10-9-15-22(8,19(2,3)4)20(5,6)7/h11-14,18H,9-10,15,21H2,1-8H3/q+1. The molecule has 132 valence electrons. The minimum Gasteiger partial charge on any atom is -0.318 e. The summed E-state index contributed by atoms with van der Waals surface area (Å²) in [6.07, 6.45) is 2.00. The van der Waals surface area contributed by atoms with Crippen LogP contribution in [0.15, 0.2) is 24.3 Å². The van der Waals surface area contributed by atoms with Crippen LogP contribution in [0.3, 0.4) is 0 Å². The molecule has 0 heterocycles. The lowest BCUT2D eigenvalue weighted by molar-refractivity contribution is -0.994. The maximum Gasteiger partial charge on any atom is 0.104 e. The molecule has 0 bridgehead atoms. The summed E-state index contributed by atoms with van der Waals surface area (Å²) in [5, 5.41) is 0. The van der Waals surface area contributed by atoms with Gasteiger partial charge in [0, 0.05) is 0 Å². The van der Waals surface area contributed by atoms with E-state index in [1.807, 2.05) is 0 Å². The molecule has 0 fully saturated rings. The molecule has 2 N–H and O–H groups in total. The van der Waals surface area contributed by atoms with Crippen molar-refractivity contribution in [2.75, 3.05) is 13.6 Å². The van der Waals surface area contributed by atoms with Crippen LogP contribution in [-0.4, -0.2) is 29.2 Å². The highest BCUT2D eigenvalue weighted by atomic mass is 16.6. The molecule has 1 atom stereocenters. The molecule has 1 rings (SSSR count). The number of rotatable bonds is 6. The molecule has 0 radical (unpaired) electrons. The lowest BCUT2D eigenvalue weighted by Gasteiger charge is -2.54. The summed E-state index contributed by atoms with van der Waals surface area (Å²) in [4.78, 5) is 5.26. The molecule has 0 spiro atoms. The molecule has 0 amide bonds. The molecule has 0 aliphatic carbocycles. The number of hydrogen-bond acceptors (Lipinski definition) is 2. The van der Waals surface area contributed by atoms with Gasteiger partial charge in [0.15, 0.2) is 0 Å².